The number of halogens is 3. The number of alkyl halides is 3. The normalized spacial score (nSPS) is 11.5. The Labute approximate surface area is 223 Å². The third-order valence-corrected chi connectivity index (χ3v) is 6.62. The van der Waals surface area contributed by atoms with Crippen molar-refractivity contribution in [2.75, 3.05) is 5.32 Å². The number of carbonyl (C=O) groups is 1. The Bertz CT molecular complexity index is 1660. The monoisotopic (exact) mass is 526 g/mol. The highest BCUT2D eigenvalue weighted by Crippen LogP contribution is 2.39. The van der Waals surface area contributed by atoms with Gasteiger partial charge in [0.25, 0.3) is 0 Å². The quantitative estimate of drug-likeness (QED) is 0.225. The summed E-state index contributed by atoms with van der Waals surface area (Å²) in [7, 11) is 0. The molecule has 0 saturated heterocycles. The maximum atomic E-state index is 13.8. The molecular weight excluding hydrogens is 501 g/mol. The zero-order valence-electron chi connectivity index (χ0n) is 21.1. The van der Waals surface area contributed by atoms with Crippen LogP contribution < -0.4 is 5.32 Å². The first-order valence-corrected chi connectivity index (χ1v) is 12.4. The molecule has 0 amide bonds. The molecule has 1 aromatic heterocycles. The number of aryl methyl sites for hydroxylation is 1. The van der Waals surface area contributed by atoms with Crippen LogP contribution in [0.25, 0.3) is 22.0 Å². The van der Waals surface area contributed by atoms with E-state index in [4.69, 9.17) is 0 Å². The number of aromatic carboxylic acids is 1. The van der Waals surface area contributed by atoms with Gasteiger partial charge in [0.15, 0.2) is 0 Å². The summed E-state index contributed by atoms with van der Waals surface area (Å²) in [5.41, 5.74) is 4.78. The van der Waals surface area contributed by atoms with E-state index in [2.05, 4.69) is 10.3 Å². The van der Waals surface area contributed by atoms with E-state index in [0.29, 0.717) is 29.6 Å². The molecule has 0 fully saturated rings. The van der Waals surface area contributed by atoms with Crippen molar-refractivity contribution in [1.82, 2.24) is 4.98 Å². The lowest BCUT2D eigenvalue weighted by atomic mass is 9.91. The van der Waals surface area contributed by atoms with E-state index in [1.54, 1.807) is 18.2 Å². The lowest BCUT2D eigenvalue weighted by Crippen LogP contribution is -2.08. The molecule has 0 aliphatic heterocycles. The lowest BCUT2D eigenvalue weighted by molar-refractivity contribution is -0.136. The Morgan fingerprint density at radius 2 is 1.64 bits per heavy atom. The largest absolute Gasteiger partial charge is 0.478 e. The molecule has 39 heavy (non-hydrogen) atoms. The number of nitrogens with one attached hydrogen (secondary N) is 1. The standard InChI is InChI=1S/C32H25F3N2O2/c1-20-13-14-28(26(15-20)31(38)39)36-18-22-9-5-10-23(17-22)29-24(16-21-7-3-2-4-8-21)19-37-30-25(29)11-6-12-27(30)32(33,34)35/h2-15,17,19,36H,16,18H2,1H3,(H,38,39). The van der Waals surface area contributed by atoms with Gasteiger partial charge in [-0.3, -0.25) is 4.98 Å². The number of nitrogens with zero attached hydrogens (tertiary/aromatic N) is 1. The maximum Gasteiger partial charge on any atom is 0.418 e. The predicted octanol–water partition coefficient (Wildman–Crippen LogP) is 8.13. The van der Waals surface area contributed by atoms with E-state index in [1.165, 1.54) is 12.3 Å². The van der Waals surface area contributed by atoms with Gasteiger partial charge in [0, 0.05) is 23.8 Å². The van der Waals surface area contributed by atoms with E-state index in [9.17, 15) is 23.1 Å². The number of carboxylic acids is 1. The Morgan fingerprint density at radius 3 is 2.38 bits per heavy atom. The highest BCUT2D eigenvalue weighted by molar-refractivity contribution is 5.98. The van der Waals surface area contributed by atoms with Crippen LogP contribution in [-0.2, 0) is 19.1 Å². The van der Waals surface area contributed by atoms with Gasteiger partial charge in [-0.15, -0.1) is 0 Å². The first-order chi connectivity index (χ1) is 18.7. The van der Waals surface area contributed by atoms with Crippen LogP contribution in [0.4, 0.5) is 18.9 Å². The fourth-order valence-electron chi connectivity index (χ4n) is 4.81. The lowest BCUT2D eigenvalue weighted by Gasteiger charge is -2.17. The second kappa shape index (κ2) is 10.6. The highest BCUT2D eigenvalue weighted by Gasteiger charge is 2.33. The second-order valence-corrected chi connectivity index (χ2v) is 9.43. The molecule has 0 saturated carbocycles. The number of pyridine rings is 1. The van der Waals surface area contributed by atoms with Crippen LogP contribution in [0, 0.1) is 6.92 Å². The summed E-state index contributed by atoms with van der Waals surface area (Å²) >= 11 is 0. The summed E-state index contributed by atoms with van der Waals surface area (Å²) in [6.07, 6.45) is -2.49. The van der Waals surface area contributed by atoms with Crippen LogP contribution in [0.15, 0.2) is 97.2 Å². The summed E-state index contributed by atoms with van der Waals surface area (Å²) in [5.74, 6) is -1.02. The van der Waals surface area contributed by atoms with Crippen LogP contribution in [0.3, 0.4) is 0 Å². The fraction of sp³-hybridized carbons (Fsp3) is 0.125. The SMILES string of the molecule is Cc1ccc(NCc2cccc(-c3c(Cc4ccccc4)cnc4c(C(F)(F)F)cccc34)c2)c(C(=O)O)c1. The van der Waals surface area contributed by atoms with Crippen LogP contribution in [-0.4, -0.2) is 16.1 Å². The third kappa shape index (κ3) is 5.62. The smallest absolute Gasteiger partial charge is 0.418 e. The summed E-state index contributed by atoms with van der Waals surface area (Å²) in [4.78, 5) is 16.0. The average Bonchev–Trinajstić information content (AvgIpc) is 2.92. The van der Waals surface area contributed by atoms with Crippen LogP contribution in [0.2, 0.25) is 0 Å². The van der Waals surface area contributed by atoms with E-state index in [-0.39, 0.29) is 11.1 Å². The molecule has 4 nitrogen and oxygen atoms in total. The third-order valence-electron chi connectivity index (χ3n) is 6.62. The van der Waals surface area contributed by atoms with Crippen LogP contribution in [0.5, 0.6) is 0 Å². The van der Waals surface area contributed by atoms with Crippen molar-refractivity contribution in [3.05, 3.63) is 131 Å². The van der Waals surface area contributed by atoms with Crippen molar-refractivity contribution in [3.8, 4) is 11.1 Å². The molecule has 2 N–H and O–H groups in total. The maximum absolute atomic E-state index is 13.8. The fourth-order valence-corrected chi connectivity index (χ4v) is 4.81. The zero-order chi connectivity index (χ0) is 27.6. The first kappa shape index (κ1) is 26.0. The Balaban J connectivity index is 1.59. The number of carboxylic acid groups (broad SMARTS) is 1. The van der Waals surface area contributed by atoms with Crippen molar-refractivity contribution in [2.45, 2.75) is 26.1 Å². The molecule has 1 heterocycles. The van der Waals surface area contributed by atoms with Crippen molar-refractivity contribution in [3.63, 3.8) is 0 Å². The molecule has 0 bridgehead atoms. The van der Waals surface area contributed by atoms with Gasteiger partial charge in [-0.05, 0) is 65.4 Å². The molecule has 7 heteroatoms. The van der Waals surface area contributed by atoms with Crippen LogP contribution >= 0.6 is 0 Å². The zero-order valence-corrected chi connectivity index (χ0v) is 21.1. The molecule has 5 aromatic rings. The molecule has 196 valence electrons. The van der Waals surface area contributed by atoms with Crippen molar-refractivity contribution in [1.29, 1.82) is 0 Å². The van der Waals surface area contributed by atoms with E-state index in [0.717, 1.165) is 33.9 Å². The number of hydrogen-bond acceptors (Lipinski definition) is 3. The van der Waals surface area contributed by atoms with E-state index in [1.807, 2.05) is 67.6 Å². The van der Waals surface area contributed by atoms with Crippen molar-refractivity contribution < 1.29 is 23.1 Å². The van der Waals surface area contributed by atoms with E-state index < -0.39 is 17.7 Å². The number of rotatable bonds is 7. The van der Waals surface area contributed by atoms with Gasteiger partial charge in [0.05, 0.1) is 16.6 Å². The molecule has 0 atom stereocenters. The minimum atomic E-state index is -4.54. The number of benzene rings is 4. The Hall–Kier alpha value is -4.65. The van der Waals surface area contributed by atoms with Gasteiger partial charge in [-0.25, -0.2) is 4.79 Å². The highest BCUT2D eigenvalue weighted by atomic mass is 19.4. The average molecular weight is 527 g/mol. The van der Waals surface area contributed by atoms with Gasteiger partial charge in [0.2, 0.25) is 0 Å². The topological polar surface area (TPSA) is 62.2 Å². The number of anilines is 1. The van der Waals surface area contributed by atoms with Crippen molar-refractivity contribution in [2.24, 2.45) is 0 Å². The molecule has 4 aromatic carbocycles. The number of hydrogen-bond donors (Lipinski definition) is 2. The second-order valence-electron chi connectivity index (χ2n) is 9.43. The molecule has 0 aliphatic rings. The number of para-hydroxylation sites is 1. The molecule has 0 spiro atoms. The molecule has 0 aliphatic carbocycles. The molecule has 5 rings (SSSR count). The summed E-state index contributed by atoms with van der Waals surface area (Å²) in [6, 6.07) is 26.6. The molecular formula is C32H25F3N2O2. The van der Waals surface area contributed by atoms with Gasteiger partial charge in [-0.1, -0.05) is 72.3 Å². The minimum Gasteiger partial charge on any atom is -0.478 e. The first-order valence-electron chi connectivity index (χ1n) is 12.4. The summed E-state index contributed by atoms with van der Waals surface area (Å²) < 4.78 is 41.5. The summed E-state index contributed by atoms with van der Waals surface area (Å²) in [6.45, 7) is 2.16. The van der Waals surface area contributed by atoms with E-state index >= 15 is 0 Å². The Morgan fingerprint density at radius 1 is 0.897 bits per heavy atom. The number of aromatic nitrogens is 1. The minimum absolute atomic E-state index is 0.0916. The van der Waals surface area contributed by atoms with Gasteiger partial charge < -0.3 is 10.4 Å². The molecule has 0 unspecified atom stereocenters. The molecule has 0 radical (unpaired) electrons. The summed E-state index contributed by atoms with van der Waals surface area (Å²) in [5, 5.41) is 13.2. The Kier molecular flexibility index (Phi) is 7.07. The van der Waals surface area contributed by atoms with Gasteiger partial charge in [-0.2, -0.15) is 13.2 Å². The van der Waals surface area contributed by atoms with Gasteiger partial charge in [0.1, 0.15) is 0 Å². The van der Waals surface area contributed by atoms with Gasteiger partial charge >= 0.3 is 12.1 Å². The van der Waals surface area contributed by atoms with Crippen molar-refractivity contribution >= 4 is 22.6 Å². The number of fused-ring (bicyclic) bond motifs is 1. The predicted molar refractivity (Wildman–Crippen MR) is 147 cm³/mol. The van der Waals surface area contributed by atoms with Crippen LogP contribution in [0.1, 0.15) is 38.2 Å².